The zero-order valence-electron chi connectivity index (χ0n) is 8.58. The Morgan fingerprint density at radius 3 is 2.25 bits per heavy atom. The van der Waals surface area contributed by atoms with E-state index in [2.05, 4.69) is 0 Å². The molecule has 0 aliphatic rings. The van der Waals surface area contributed by atoms with Crippen LogP contribution < -0.4 is 5.73 Å². The fourth-order valence-corrected chi connectivity index (χ4v) is 1.78. The number of hydrogen-bond donors (Lipinski definition) is 1. The summed E-state index contributed by atoms with van der Waals surface area (Å²) in [5.41, 5.74) is 8.25. The third kappa shape index (κ3) is 2.40. The van der Waals surface area contributed by atoms with Crippen LogP contribution in [0.25, 0.3) is 11.1 Å². The Labute approximate surface area is 98.7 Å². The van der Waals surface area contributed by atoms with Crippen LogP contribution in [-0.2, 0) is 6.54 Å². The largest absolute Gasteiger partial charge is 0.326 e. The maximum Gasteiger partial charge on any atom is 0.125 e. The zero-order valence-corrected chi connectivity index (χ0v) is 9.34. The third-order valence-electron chi connectivity index (χ3n) is 2.39. The Hall–Kier alpha value is -1.38. The highest BCUT2D eigenvalue weighted by atomic mass is 35.5. The first-order valence-electron chi connectivity index (χ1n) is 4.94. The second-order valence-corrected chi connectivity index (χ2v) is 4.00. The summed E-state index contributed by atoms with van der Waals surface area (Å²) in [5, 5.41) is 0.401. The quantitative estimate of drug-likeness (QED) is 0.846. The van der Waals surface area contributed by atoms with Crippen LogP contribution in [-0.4, -0.2) is 0 Å². The van der Waals surface area contributed by atoms with E-state index in [-0.39, 0.29) is 5.82 Å². The Balaban J connectivity index is 2.42. The molecule has 0 atom stereocenters. The Bertz CT molecular complexity index is 474. The van der Waals surface area contributed by atoms with Gasteiger partial charge in [-0.25, -0.2) is 4.39 Å². The molecule has 0 bridgehead atoms. The van der Waals surface area contributed by atoms with Gasteiger partial charge in [0.15, 0.2) is 0 Å². The molecule has 0 saturated carbocycles. The predicted molar refractivity (Wildman–Crippen MR) is 64.7 cm³/mol. The van der Waals surface area contributed by atoms with Crippen molar-refractivity contribution >= 4 is 11.6 Å². The van der Waals surface area contributed by atoms with Gasteiger partial charge in [0.1, 0.15) is 5.82 Å². The van der Waals surface area contributed by atoms with E-state index in [1.54, 1.807) is 6.07 Å². The van der Waals surface area contributed by atoms with Crippen molar-refractivity contribution in [2.24, 2.45) is 5.73 Å². The van der Waals surface area contributed by atoms with Gasteiger partial charge in [0.25, 0.3) is 0 Å². The molecule has 0 heterocycles. The molecule has 2 N–H and O–H groups in total. The van der Waals surface area contributed by atoms with Crippen LogP contribution >= 0.6 is 11.6 Å². The number of nitrogens with two attached hydrogens (primary N) is 1. The number of halogens is 2. The molecule has 2 rings (SSSR count). The molecule has 0 saturated heterocycles. The highest BCUT2D eigenvalue weighted by molar-refractivity contribution is 6.30. The molecule has 2 aromatic carbocycles. The Morgan fingerprint density at radius 1 is 1.00 bits per heavy atom. The summed E-state index contributed by atoms with van der Waals surface area (Å²) in [7, 11) is 0. The average Bonchev–Trinajstić information content (AvgIpc) is 2.28. The summed E-state index contributed by atoms with van der Waals surface area (Å²) in [6.45, 7) is 0.504. The second kappa shape index (κ2) is 4.64. The Morgan fingerprint density at radius 2 is 1.69 bits per heavy atom. The third-order valence-corrected chi connectivity index (χ3v) is 2.60. The molecule has 0 aliphatic heterocycles. The highest BCUT2D eigenvalue weighted by Gasteiger charge is 2.02. The van der Waals surface area contributed by atoms with Crippen LogP contribution in [0.5, 0.6) is 0 Å². The monoisotopic (exact) mass is 235 g/mol. The van der Waals surface area contributed by atoms with E-state index in [0.29, 0.717) is 11.6 Å². The second-order valence-electron chi connectivity index (χ2n) is 3.56. The van der Waals surface area contributed by atoms with E-state index in [9.17, 15) is 4.39 Å². The van der Waals surface area contributed by atoms with Crippen molar-refractivity contribution in [1.29, 1.82) is 0 Å². The zero-order chi connectivity index (χ0) is 11.5. The highest BCUT2D eigenvalue weighted by Crippen LogP contribution is 2.24. The van der Waals surface area contributed by atoms with Gasteiger partial charge in [-0.15, -0.1) is 0 Å². The summed E-state index contributed by atoms with van der Waals surface area (Å²) in [6.07, 6.45) is 0. The van der Waals surface area contributed by atoms with Crippen LogP contribution in [0.3, 0.4) is 0 Å². The van der Waals surface area contributed by atoms with Crippen LogP contribution in [0.4, 0.5) is 4.39 Å². The topological polar surface area (TPSA) is 26.0 Å². The summed E-state index contributed by atoms with van der Waals surface area (Å²) in [6, 6.07) is 12.2. The average molecular weight is 236 g/mol. The Kier molecular flexibility index (Phi) is 3.22. The normalized spacial score (nSPS) is 10.4. The lowest BCUT2D eigenvalue weighted by Gasteiger charge is -2.04. The smallest absolute Gasteiger partial charge is 0.125 e. The maximum absolute atomic E-state index is 13.2. The molecule has 82 valence electrons. The predicted octanol–water partition coefficient (Wildman–Crippen LogP) is 3.60. The molecule has 3 heteroatoms. The van der Waals surface area contributed by atoms with E-state index >= 15 is 0 Å². The van der Waals surface area contributed by atoms with E-state index in [1.165, 1.54) is 12.1 Å². The summed E-state index contributed by atoms with van der Waals surface area (Å²) in [5.74, 6) is -0.328. The van der Waals surface area contributed by atoms with Gasteiger partial charge in [-0.3, -0.25) is 0 Å². The number of hydrogen-bond acceptors (Lipinski definition) is 1. The molecule has 0 spiro atoms. The van der Waals surface area contributed by atoms with Crippen molar-refractivity contribution < 1.29 is 4.39 Å². The van der Waals surface area contributed by atoms with Gasteiger partial charge in [-0.2, -0.15) is 0 Å². The minimum absolute atomic E-state index is 0.328. The van der Waals surface area contributed by atoms with Crippen molar-refractivity contribution in [3.8, 4) is 11.1 Å². The molecule has 0 aromatic heterocycles. The van der Waals surface area contributed by atoms with E-state index in [4.69, 9.17) is 17.3 Å². The van der Waals surface area contributed by atoms with Gasteiger partial charge in [-0.05, 0) is 34.9 Å². The lowest BCUT2D eigenvalue weighted by atomic mass is 10.0. The molecule has 0 radical (unpaired) electrons. The van der Waals surface area contributed by atoms with Crippen molar-refractivity contribution in [1.82, 2.24) is 0 Å². The molecule has 16 heavy (non-hydrogen) atoms. The fourth-order valence-electron chi connectivity index (χ4n) is 1.55. The van der Waals surface area contributed by atoms with Crippen molar-refractivity contribution in [2.75, 3.05) is 0 Å². The van der Waals surface area contributed by atoms with Gasteiger partial charge < -0.3 is 5.73 Å². The molecule has 0 unspecified atom stereocenters. The maximum atomic E-state index is 13.2. The molecule has 1 nitrogen and oxygen atoms in total. The fraction of sp³-hybridized carbons (Fsp3) is 0.0769. The van der Waals surface area contributed by atoms with Gasteiger partial charge >= 0.3 is 0 Å². The number of rotatable bonds is 2. The minimum Gasteiger partial charge on any atom is -0.326 e. The first-order valence-corrected chi connectivity index (χ1v) is 5.32. The van der Waals surface area contributed by atoms with Crippen LogP contribution in [0, 0.1) is 5.82 Å². The van der Waals surface area contributed by atoms with Crippen LogP contribution in [0.1, 0.15) is 5.56 Å². The number of benzene rings is 2. The first kappa shape index (κ1) is 11.1. The van der Waals surface area contributed by atoms with E-state index in [0.717, 1.165) is 16.7 Å². The molecular weight excluding hydrogens is 225 g/mol. The van der Waals surface area contributed by atoms with Gasteiger partial charge in [0, 0.05) is 11.6 Å². The lowest BCUT2D eigenvalue weighted by molar-refractivity contribution is 0.628. The molecule has 2 aromatic rings. The minimum atomic E-state index is -0.328. The molecule has 0 amide bonds. The van der Waals surface area contributed by atoms with Gasteiger partial charge in [0.2, 0.25) is 0 Å². The first-order chi connectivity index (χ1) is 7.69. The summed E-state index contributed by atoms with van der Waals surface area (Å²) in [4.78, 5) is 0. The van der Waals surface area contributed by atoms with Crippen molar-refractivity contribution in [2.45, 2.75) is 6.54 Å². The van der Waals surface area contributed by atoms with E-state index < -0.39 is 0 Å². The molecule has 0 fully saturated rings. The van der Waals surface area contributed by atoms with Gasteiger partial charge in [0.05, 0.1) is 0 Å². The summed E-state index contributed by atoms with van der Waals surface area (Å²) < 4.78 is 13.2. The van der Waals surface area contributed by atoms with Crippen molar-refractivity contribution in [3.63, 3.8) is 0 Å². The molecule has 0 aliphatic carbocycles. The molecular formula is C13H11ClFN. The van der Waals surface area contributed by atoms with Crippen LogP contribution in [0.2, 0.25) is 5.02 Å². The SMILES string of the molecule is NCc1ccc(-c2cc(F)cc(Cl)c2)cc1. The van der Waals surface area contributed by atoms with Crippen LogP contribution in [0.15, 0.2) is 42.5 Å². The van der Waals surface area contributed by atoms with Crippen molar-refractivity contribution in [3.05, 3.63) is 58.9 Å². The standard InChI is InChI=1S/C13H11ClFN/c14-12-5-11(6-13(15)7-12)10-3-1-9(8-16)2-4-10/h1-7H,8,16H2. The van der Waals surface area contributed by atoms with Gasteiger partial charge in [-0.1, -0.05) is 35.9 Å². The van der Waals surface area contributed by atoms with E-state index in [1.807, 2.05) is 24.3 Å². The lowest BCUT2D eigenvalue weighted by Crippen LogP contribution is -1.95. The summed E-state index contributed by atoms with van der Waals surface area (Å²) >= 11 is 5.80.